The lowest BCUT2D eigenvalue weighted by atomic mass is 9.98. The first-order chi connectivity index (χ1) is 20.8. The van der Waals surface area contributed by atoms with E-state index in [-0.39, 0.29) is 0 Å². The molecule has 6 aromatic carbocycles. The topological polar surface area (TPSA) is 28.4 Å². The molecular formula is C39H28N2O. The summed E-state index contributed by atoms with van der Waals surface area (Å²) < 4.78 is 6.17. The van der Waals surface area contributed by atoms with Crippen molar-refractivity contribution < 1.29 is 4.42 Å². The van der Waals surface area contributed by atoms with Gasteiger partial charge in [-0.2, -0.15) is 0 Å². The summed E-state index contributed by atoms with van der Waals surface area (Å²) >= 11 is 0. The fraction of sp³-hybridized carbons (Fsp3) is 0.0256. The minimum absolute atomic E-state index is 0.705. The van der Waals surface area contributed by atoms with Crippen molar-refractivity contribution in [1.29, 1.82) is 0 Å². The van der Waals surface area contributed by atoms with Crippen LogP contribution >= 0.6 is 0 Å². The van der Waals surface area contributed by atoms with E-state index in [9.17, 15) is 0 Å². The maximum atomic E-state index is 6.17. The highest BCUT2D eigenvalue weighted by Crippen LogP contribution is 2.40. The van der Waals surface area contributed by atoms with E-state index >= 15 is 0 Å². The van der Waals surface area contributed by atoms with Gasteiger partial charge in [-0.25, -0.2) is 0 Å². The molecule has 0 radical (unpaired) electrons. The third kappa shape index (κ3) is 4.23. The maximum absolute atomic E-state index is 6.17. The van der Waals surface area contributed by atoms with Crippen LogP contribution in [0.2, 0.25) is 0 Å². The summed E-state index contributed by atoms with van der Waals surface area (Å²) in [5, 5.41) is 6.89. The SMILES string of the molecule is C1=Cc2c(oc3ccc(N(c4ccc(-c5ccccc5)cc4)c4ccc(-c5cccc6ccccc56)cc4)cc23)CN1. The Morgan fingerprint density at radius 2 is 1.21 bits per heavy atom. The van der Waals surface area contributed by atoms with Crippen molar-refractivity contribution in [2.45, 2.75) is 6.54 Å². The number of anilines is 3. The molecule has 42 heavy (non-hydrogen) atoms. The van der Waals surface area contributed by atoms with Crippen molar-refractivity contribution >= 4 is 44.9 Å². The maximum Gasteiger partial charge on any atom is 0.135 e. The standard InChI is InChI=1S/C39H28N2O/c1-2-7-27(8-3-1)28-13-17-31(18-14-28)41(33-21-22-38-37(25-33)36-23-24-40-26-39(36)42-38)32-19-15-30(16-20-32)35-12-6-10-29-9-4-5-11-34(29)35/h1-25,40H,26H2. The average Bonchev–Trinajstić information content (AvgIpc) is 3.44. The molecule has 7 aromatic rings. The van der Waals surface area contributed by atoms with Crippen molar-refractivity contribution in [2.24, 2.45) is 0 Å². The van der Waals surface area contributed by atoms with Gasteiger partial charge in [0.1, 0.15) is 11.3 Å². The lowest BCUT2D eigenvalue weighted by Crippen LogP contribution is -2.10. The van der Waals surface area contributed by atoms with Crippen molar-refractivity contribution in [2.75, 3.05) is 4.90 Å². The van der Waals surface area contributed by atoms with Gasteiger partial charge < -0.3 is 14.6 Å². The van der Waals surface area contributed by atoms with Gasteiger partial charge in [-0.15, -0.1) is 0 Å². The first-order valence-electron chi connectivity index (χ1n) is 14.3. The summed E-state index contributed by atoms with van der Waals surface area (Å²) in [5.41, 5.74) is 10.2. The van der Waals surface area contributed by atoms with Crippen molar-refractivity contribution in [1.82, 2.24) is 5.32 Å². The number of nitrogens with zero attached hydrogens (tertiary/aromatic N) is 1. The van der Waals surface area contributed by atoms with Gasteiger partial charge in [0.2, 0.25) is 0 Å². The predicted molar refractivity (Wildman–Crippen MR) is 175 cm³/mol. The largest absolute Gasteiger partial charge is 0.459 e. The van der Waals surface area contributed by atoms with Crippen LogP contribution in [0.15, 0.2) is 150 Å². The van der Waals surface area contributed by atoms with Crippen LogP contribution < -0.4 is 10.2 Å². The molecule has 1 aromatic heterocycles. The highest BCUT2D eigenvalue weighted by molar-refractivity contribution is 5.97. The zero-order valence-corrected chi connectivity index (χ0v) is 23.0. The number of nitrogens with one attached hydrogen (secondary N) is 1. The monoisotopic (exact) mass is 540 g/mol. The van der Waals surface area contributed by atoms with Gasteiger partial charge in [-0.05, 0) is 87.8 Å². The lowest BCUT2D eigenvalue weighted by Gasteiger charge is -2.26. The second-order valence-corrected chi connectivity index (χ2v) is 10.7. The Morgan fingerprint density at radius 3 is 2.02 bits per heavy atom. The highest BCUT2D eigenvalue weighted by atomic mass is 16.3. The molecule has 200 valence electrons. The lowest BCUT2D eigenvalue weighted by molar-refractivity contribution is 0.532. The molecule has 1 aliphatic heterocycles. The Labute approximate surface area is 245 Å². The van der Waals surface area contributed by atoms with Crippen molar-refractivity contribution in [3.8, 4) is 22.3 Å². The zero-order chi connectivity index (χ0) is 27.9. The van der Waals surface area contributed by atoms with E-state index in [4.69, 9.17) is 4.42 Å². The van der Waals surface area contributed by atoms with Gasteiger partial charge in [0.25, 0.3) is 0 Å². The van der Waals surface area contributed by atoms with Crippen LogP contribution in [0.3, 0.4) is 0 Å². The average molecular weight is 541 g/mol. The van der Waals surface area contributed by atoms with E-state index in [0.717, 1.165) is 39.4 Å². The zero-order valence-electron chi connectivity index (χ0n) is 23.0. The Kier molecular flexibility index (Phi) is 5.86. The van der Waals surface area contributed by atoms with Crippen LogP contribution in [0.25, 0.3) is 50.1 Å². The molecule has 0 aliphatic carbocycles. The minimum atomic E-state index is 0.705. The number of furan rings is 1. The van der Waals surface area contributed by atoms with Gasteiger partial charge in [-0.1, -0.05) is 97.1 Å². The normalized spacial score (nSPS) is 12.3. The number of benzene rings is 6. The molecular weight excluding hydrogens is 512 g/mol. The molecule has 0 spiro atoms. The summed E-state index contributed by atoms with van der Waals surface area (Å²) in [7, 11) is 0. The second kappa shape index (κ2) is 10.1. The van der Waals surface area contributed by atoms with E-state index in [1.807, 2.05) is 6.20 Å². The molecule has 1 aliphatic rings. The molecule has 2 heterocycles. The Morgan fingerprint density at radius 1 is 0.548 bits per heavy atom. The number of fused-ring (bicyclic) bond motifs is 4. The first-order valence-corrected chi connectivity index (χ1v) is 14.3. The van der Waals surface area contributed by atoms with Gasteiger partial charge in [0.15, 0.2) is 0 Å². The summed E-state index contributed by atoms with van der Waals surface area (Å²) in [4.78, 5) is 2.32. The summed E-state index contributed by atoms with van der Waals surface area (Å²) in [6, 6.07) is 49.8. The van der Waals surface area contributed by atoms with Crippen LogP contribution in [-0.2, 0) is 6.54 Å². The molecule has 8 rings (SSSR count). The van der Waals surface area contributed by atoms with Gasteiger partial charge in [0.05, 0.1) is 6.54 Å². The molecule has 0 unspecified atom stereocenters. The van der Waals surface area contributed by atoms with E-state index in [2.05, 4.69) is 156 Å². The van der Waals surface area contributed by atoms with Crippen LogP contribution in [-0.4, -0.2) is 0 Å². The number of hydrogen-bond acceptors (Lipinski definition) is 3. The molecule has 0 saturated heterocycles. The molecule has 3 nitrogen and oxygen atoms in total. The molecule has 0 saturated carbocycles. The number of hydrogen-bond donors (Lipinski definition) is 1. The Hall–Kier alpha value is -5.54. The van der Waals surface area contributed by atoms with E-state index in [1.165, 1.54) is 33.0 Å². The molecule has 0 fully saturated rings. The molecule has 0 amide bonds. The van der Waals surface area contributed by atoms with Gasteiger partial charge in [-0.3, -0.25) is 0 Å². The molecule has 0 atom stereocenters. The number of rotatable bonds is 5. The fourth-order valence-corrected chi connectivity index (χ4v) is 6.05. The van der Waals surface area contributed by atoms with Gasteiger partial charge in [0, 0.05) is 28.0 Å². The third-order valence-corrected chi connectivity index (χ3v) is 8.13. The summed E-state index contributed by atoms with van der Waals surface area (Å²) in [6.45, 7) is 0.705. The molecule has 1 N–H and O–H groups in total. The van der Waals surface area contributed by atoms with Crippen molar-refractivity contribution in [3.05, 3.63) is 157 Å². The highest BCUT2D eigenvalue weighted by Gasteiger charge is 2.18. The minimum Gasteiger partial charge on any atom is -0.459 e. The first kappa shape index (κ1) is 24.3. The fourth-order valence-electron chi connectivity index (χ4n) is 6.05. The van der Waals surface area contributed by atoms with Crippen LogP contribution in [0.4, 0.5) is 17.1 Å². The van der Waals surface area contributed by atoms with Crippen LogP contribution in [0.1, 0.15) is 11.3 Å². The van der Waals surface area contributed by atoms with Crippen LogP contribution in [0, 0.1) is 0 Å². The van der Waals surface area contributed by atoms with Crippen LogP contribution in [0.5, 0.6) is 0 Å². The quantitative estimate of drug-likeness (QED) is 0.235. The third-order valence-electron chi connectivity index (χ3n) is 8.13. The van der Waals surface area contributed by atoms with Crippen molar-refractivity contribution in [3.63, 3.8) is 0 Å². The summed E-state index contributed by atoms with van der Waals surface area (Å²) in [6.07, 6.45) is 4.10. The smallest absolute Gasteiger partial charge is 0.135 e. The van der Waals surface area contributed by atoms with Gasteiger partial charge >= 0.3 is 0 Å². The van der Waals surface area contributed by atoms with E-state index in [0.29, 0.717) is 6.54 Å². The predicted octanol–water partition coefficient (Wildman–Crippen LogP) is 10.5. The summed E-state index contributed by atoms with van der Waals surface area (Å²) in [5.74, 6) is 0.975. The molecule has 3 heteroatoms. The van der Waals surface area contributed by atoms with E-state index in [1.54, 1.807) is 0 Å². The van der Waals surface area contributed by atoms with E-state index < -0.39 is 0 Å². The Bertz CT molecular complexity index is 2070. The molecule has 0 bridgehead atoms. The Balaban J connectivity index is 1.24. The second-order valence-electron chi connectivity index (χ2n) is 10.7.